The number of nitrogens with zero attached hydrogens (tertiary/aromatic N) is 7. The number of benzene rings is 1. The Balaban J connectivity index is 1.22. The number of anilines is 2. The highest BCUT2D eigenvalue weighted by molar-refractivity contribution is 5.94. The Bertz CT molecular complexity index is 1130. The summed E-state index contributed by atoms with van der Waals surface area (Å²) >= 11 is 0. The second kappa shape index (κ2) is 8.85. The fourth-order valence-corrected chi connectivity index (χ4v) is 4.11. The first-order valence-corrected chi connectivity index (χ1v) is 10.6. The summed E-state index contributed by atoms with van der Waals surface area (Å²) in [6.45, 7) is 2.69. The van der Waals surface area contributed by atoms with E-state index in [4.69, 9.17) is 4.74 Å². The number of carbonyl (C=O) groups is 2. The summed E-state index contributed by atoms with van der Waals surface area (Å²) in [5.41, 5.74) is 1.48. The molecule has 3 aromatic rings. The van der Waals surface area contributed by atoms with Gasteiger partial charge in [0.25, 0.3) is 5.91 Å². The predicted octanol–water partition coefficient (Wildman–Crippen LogP) is 1.80. The van der Waals surface area contributed by atoms with Crippen LogP contribution in [0.4, 0.5) is 20.6 Å². The van der Waals surface area contributed by atoms with Crippen molar-refractivity contribution in [3.05, 3.63) is 66.5 Å². The van der Waals surface area contributed by atoms with Crippen molar-refractivity contribution in [3.63, 3.8) is 0 Å². The normalized spacial score (nSPS) is 18.5. The van der Waals surface area contributed by atoms with Crippen LogP contribution in [0.5, 0.6) is 0 Å². The number of rotatable bonds is 5. The Morgan fingerprint density at radius 2 is 1.88 bits per heavy atom. The van der Waals surface area contributed by atoms with Gasteiger partial charge in [-0.1, -0.05) is 5.21 Å². The molecule has 2 aliphatic rings. The first-order chi connectivity index (χ1) is 16.1. The van der Waals surface area contributed by atoms with Gasteiger partial charge in [0.2, 0.25) is 0 Å². The lowest BCUT2D eigenvalue weighted by atomic mass is 10.2. The summed E-state index contributed by atoms with van der Waals surface area (Å²) in [5.74, 6) is -0.477. The van der Waals surface area contributed by atoms with Gasteiger partial charge in [0, 0.05) is 50.3 Å². The van der Waals surface area contributed by atoms with E-state index in [1.807, 2.05) is 4.90 Å². The van der Waals surface area contributed by atoms with Crippen LogP contribution in [0.3, 0.4) is 0 Å². The van der Waals surface area contributed by atoms with Crippen molar-refractivity contribution >= 4 is 23.4 Å². The van der Waals surface area contributed by atoms with Crippen LogP contribution in [0.1, 0.15) is 10.4 Å². The van der Waals surface area contributed by atoms with E-state index in [1.54, 1.807) is 58.6 Å². The summed E-state index contributed by atoms with van der Waals surface area (Å²) in [6, 6.07) is 8.11. The van der Waals surface area contributed by atoms with E-state index in [0.717, 1.165) is 0 Å². The summed E-state index contributed by atoms with van der Waals surface area (Å²) in [4.78, 5) is 33.9. The third kappa shape index (κ3) is 4.34. The molecule has 4 heterocycles. The van der Waals surface area contributed by atoms with Gasteiger partial charge in [-0.05, 0) is 30.3 Å². The number of hydrogen-bond acceptors (Lipinski definition) is 7. The molecule has 11 heteroatoms. The van der Waals surface area contributed by atoms with Gasteiger partial charge in [-0.25, -0.2) is 13.9 Å². The Morgan fingerprint density at radius 3 is 2.58 bits per heavy atom. The fourth-order valence-electron chi connectivity index (χ4n) is 4.11. The lowest BCUT2D eigenvalue weighted by Gasteiger charge is -2.36. The summed E-state index contributed by atoms with van der Waals surface area (Å²) in [6.07, 6.45) is 5.51. The molecule has 1 aromatic carbocycles. The lowest BCUT2D eigenvalue weighted by molar-refractivity contribution is 0.0746. The van der Waals surface area contributed by atoms with Gasteiger partial charge in [-0.15, -0.1) is 5.10 Å². The number of pyridine rings is 1. The van der Waals surface area contributed by atoms with E-state index in [9.17, 15) is 9.59 Å². The Morgan fingerprint density at radius 1 is 1.09 bits per heavy atom. The molecule has 0 saturated carbocycles. The SMILES string of the molecule is O=C(c1ccncc1)N1CCN(c2ccc(N3C[C@H](Cn4ccnn4)OC3=O)cc2F)CC1. The fraction of sp³-hybridized carbons (Fsp3) is 0.318. The van der Waals surface area contributed by atoms with Crippen molar-refractivity contribution in [3.8, 4) is 0 Å². The molecule has 33 heavy (non-hydrogen) atoms. The Hall–Kier alpha value is -4.02. The van der Waals surface area contributed by atoms with E-state index in [-0.39, 0.29) is 5.91 Å². The average Bonchev–Trinajstić information content (AvgIpc) is 3.49. The second-order valence-electron chi connectivity index (χ2n) is 7.89. The molecule has 0 spiro atoms. The maximum atomic E-state index is 15.0. The highest BCUT2D eigenvalue weighted by Gasteiger charge is 2.33. The molecule has 1 atom stereocenters. The first kappa shape index (κ1) is 20.9. The van der Waals surface area contributed by atoms with Crippen LogP contribution in [0.25, 0.3) is 0 Å². The summed E-state index contributed by atoms with van der Waals surface area (Å²) in [7, 11) is 0. The zero-order chi connectivity index (χ0) is 22.8. The van der Waals surface area contributed by atoms with Crippen molar-refractivity contribution < 1.29 is 18.7 Å². The number of amides is 2. The number of halogens is 1. The maximum Gasteiger partial charge on any atom is 0.414 e. The molecular weight excluding hydrogens is 429 g/mol. The van der Waals surface area contributed by atoms with Crippen LogP contribution in [-0.4, -0.2) is 75.7 Å². The molecule has 0 bridgehead atoms. The van der Waals surface area contributed by atoms with Crippen LogP contribution in [-0.2, 0) is 11.3 Å². The van der Waals surface area contributed by atoms with E-state index in [0.29, 0.717) is 56.2 Å². The van der Waals surface area contributed by atoms with E-state index >= 15 is 4.39 Å². The molecular formula is C22H22FN7O3. The molecule has 0 unspecified atom stereocenters. The molecule has 2 amide bonds. The van der Waals surface area contributed by atoms with Gasteiger partial charge in [0.1, 0.15) is 11.9 Å². The van der Waals surface area contributed by atoms with Gasteiger partial charge in [0.05, 0.1) is 30.7 Å². The number of aromatic nitrogens is 4. The van der Waals surface area contributed by atoms with Crippen molar-refractivity contribution in [1.82, 2.24) is 24.9 Å². The van der Waals surface area contributed by atoms with Gasteiger partial charge in [-0.3, -0.25) is 14.7 Å². The molecule has 170 valence electrons. The number of ether oxygens (including phenoxy) is 1. The number of carbonyl (C=O) groups excluding carboxylic acids is 2. The average molecular weight is 451 g/mol. The standard InChI is InChI=1S/C22H22FN7O3/c23-19-13-17(30-15-18(33-22(30)32)14-29-8-7-25-26-29)1-2-20(19)27-9-11-28(12-10-27)21(31)16-3-5-24-6-4-16/h1-8,13,18H,9-12,14-15H2/t18-/m0/s1. The molecule has 0 radical (unpaired) electrons. The van der Waals surface area contributed by atoms with Crippen molar-refractivity contribution in [1.29, 1.82) is 0 Å². The number of cyclic esters (lactones) is 1. The molecule has 2 saturated heterocycles. The lowest BCUT2D eigenvalue weighted by Crippen LogP contribution is -2.49. The topological polar surface area (TPSA) is 96.7 Å². The minimum atomic E-state index is -0.518. The van der Waals surface area contributed by atoms with E-state index in [2.05, 4.69) is 15.3 Å². The highest BCUT2D eigenvalue weighted by atomic mass is 19.1. The summed E-state index contributed by atoms with van der Waals surface area (Å²) < 4.78 is 22.0. The van der Waals surface area contributed by atoms with E-state index in [1.165, 1.54) is 11.0 Å². The largest absolute Gasteiger partial charge is 0.442 e. The van der Waals surface area contributed by atoms with Crippen LogP contribution < -0.4 is 9.80 Å². The first-order valence-electron chi connectivity index (χ1n) is 10.6. The zero-order valence-electron chi connectivity index (χ0n) is 17.7. The molecule has 10 nitrogen and oxygen atoms in total. The third-order valence-corrected chi connectivity index (χ3v) is 5.81. The Labute approximate surface area is 189 Å². The molecule has 2 fully saturated rings. The second-order valence-corrected chi connectivity index (χ2v) is 7.89. The third-order valence-electron chi connectivity index (χ3n) is 5.81. The van der Waals surface area contributed by atoms with Crippen molar-refractivity contribution in [2.75, 3.05) is 42.5 Å². The summed E-state index contributed by atoms with van der Waals surface area (Å²) in [5, 5.41) is 7.61. The van der Waals surface area contributed by atoms with Gasteiger partial charge in [-0.2, -0.15) is 0 Å². The Kier molecular flexibility index (Phi) is 5.59. The zero-order valence-corrected chi connectivity index (χ0v) is 17.7. The van der Waals surface area contributed by atoms with Gasteiger partial charge < -0.3 is 14.5 Å². The minimum absolute atomic E-state index is 0.0548. The number of hydrogen-bond donors (Lipinski definition) is 0. The predicted molar refractivity (Wildman–Crippen MR) is 116 cm³/mol. The number of piperazine rings is 1. The molecule has 0 N–H and O–H groups in total. The van der Waals surface area contributed by atoms with E-state index < -0.39 is 18.0 Å². The quantitative estimate of drug-likeness (QED) is 0.584. The van der Waals surface area contributed by atoms with Gasteiger partial charge >= 0.3 is 6.09 Å². The molecule has 2 aliphatic heterocycles. The van der Waals surface area contributed by atoms with Gasteiger partial charge in [0.15, 0.2) is 0 Å². The van der Waals surface area contributed by atoms with Crippen LogP contribution in [0.2, 0.25) is 0 Å². The minimum Gasteiger partial charge on any atom is -0.442 e. The monoisotopic (exact) mass is 451 g/mol. The smallest absolute Gasteiger partial charge is 0.414 e. The molecule has 0 aliphatic carbocycles. The molecule has 2 aromatic heterocycles. The van der Waals surface area contributed by atoms with Crippen LogP contribution in [0.15, 0.2) is 55.1 Å². The van der Waals surface area contributed by atoms with Crippen LogP contribution >= 0.6 is 0 Å². The highest BCUT2D eigenvalue weighted by Crippen LogP contribution is 2.29. The van der Waals surface area contributed by atoms with Crippen molar-refractivity contribution in [2.24, 2.45) is 0 Å². The maximum absolute atomic E-state index is 15.0. The van der Waals surface area contributed by atoms with Crippen LogP contribution in [0, 0.1) is 5.82 Å². The van der Waals surface area contributed by atoms with Crippen molar-refractivity contribution in [2.45, 2.75) is 12.6 Å². The molecule has 5 rings (SSSR count).